The molecule has 2 unspecified atom stereocenters. The Labute approximate surface area is 591 Å². The molecule has 0 amide bonds. The Morgan fingerprint density at radius 2 is 0.600 bits per heavy atom. The van der Waals surface area contributed by atoms with E-state index in [-0.39, 0.29) is 38.2 Å². The largest absolute Gasteiger partial charge is 0.477 e. The second kappa shape index (κ2) is 77.0. The summed E-state index contributed by atoms with van der Waals surface area (Å²) in [6.07, 6.45) is 98.6. The van der Waals surface area contributed by atoms with Crippen molar-refractivity contribution in [2.24, 2.45) is 0 Å². The third-order valence-electron chi connectivity index (χ3n) is 19.1. The number of allylic oxidation sites excluding steroid dienone is 8. The molecule has 0 saturated carbocycles. The van der Waals surface area contributed by atoms with Crippen LogP contribution in [0.1, 0.15) is 425 Å². The third-order valence-corrected chi connectivity index (χ3v) is 19.1. The molecule has 0 aliphatic rings. The summed E-state index contributed by atoms with van der Waals surface area (Å²) in [5.74, 6) is -1.97. The van der Waals surface area contributed by atoms with Crippen molar-refractivity contribution in [2.45, 2.75) is 437 Å². The van der Waals surface area contributed by atoms with Crippen LogP contribution in [0.5, 0.6) is 0 Å². The number of carbonyl (C=O) groups is 3. The van der Waals surface area contributed by atoms with Crippen LogP contribution in [0, 0.1) is 0 Å². The molecule has 0 spiro atoms. The summed E-state index contributed by atoms with van der Waals surface area (Å²) in [4.78, 5) is 37.8. The van der Waals surface area contributed by atoms with Crippen LogP contribution in [-0.4, -0.2) is 87.4 Å². The van der Waals surface area contributed by atoms with Gasteiger partial charge in [-0.2, -0.15) is 0 Å². The fourth-order valence-corrected chi connectivity index (χ4v) is 12.8. The minimum absolute atomic E-state index is 0.174. The van der Waals surface area contributed by atoms with Crippen molar-refractivity contribution >= 4 is 17.9 Å². The Balaban J connectivity index is 3.93. The zero-order valence-electron chi connectivity index (χ0n) is 64.1. The van der Waals surface area contributed by atoms with Crippen LogP contribution in [0.4, 0.5) is 0 Å². The maximum atomic E-state index is 13.0. The highest BCUT2D eigenvalue weighted by atomic mass is 16.7. The second-order valence-electron chi connectivity index (χ2n) is 29.8. The Morgan fingerprint density at radius 1 is 0.326 bits per heavy atom. The molecule has 0 bridgehead atoms. The summed E-state index contributed by atoms with van der Waals surface area (Å²) in [6.45, 7) is 4.85. The molecule has 558 valence electrons. The van der Waals surface area contributed by atoms with Crippen LogP contribution in [0.15, 0.2) is 48.6 Å². The van der Waals surface area contributed by atoms with Gasteiger partial charge in [-0.3, -0.25) is 9.59 Å². The number of quaternary nitrogens is 1. The highest BCUT2D eigenvalue weighted by Crippen LogP contribution is 2.21. The van der Waals surface area contributed by atoms with E-state index in [1.165, 1.54) is 334 Å². The van der Waals surface area contributed by atoms with Crippen LogP contribution in [0.25, 0.3) is 0 Å². The highest BCUT2D eigenvalue weighted by Gasteiger charge is 2.25. The van der Waals surface area contributed by atoms with Gasteiger partial charge in [0.1, 0.15) is 13.2 Å². The zero-order chi connectivity index (χ0) is 69.0. The molecule has 9 heteroatoms. The number of hydrogen-bond donors (Lipinski definition) is 1. The van der Waals surface area contributed by atoms with E-state index in [1.54, 1.807) is 0 Å². The van der Waals surface area contributed by atoms with E-state index in [4.69, 9.17) is 18.9 Å². The van der Waals surface area contributed by atoms with Gasteiger partial charge in [0.2, 0.25) is 0 Å². The number of unbranched alkanes of at least 4 members (excludes halogenated alkanes) is 56. The van der Waals surface area contributed by atoms with Crippen molar-refractivity contribution in [3.8, 4) is 0 Å². The molecule has 0 aromatic heterocycles. The van der Waals surface area contributed by atoms with Gasteiger partial charge in [0.25, 0.3) is 6.29 Å². The first-order chi connectivity index (χ1) is 46.6. The number of carboxylic acids is 1. The summed E-state index contributed by atoms with van der Waals surface area (Å²) in [5, 5.41) is 9.78. The topological polar surface area (TPSA) is 108 Å². The van der Waals surface area contributed by atoms with Crippen molar-refractivity contribution in [3.05, 3.63) is 48.6 Å². The van der Waals surface area contributed by atoms with Crippen molar-refractivity contribution in [2.75, 3.05) is 47.5 Å². The number of carboxylic acid groups (broad SMARTS) is 1. The summed E-state index contributed by atoms with van der Waals surface area (Å²) >= 11 is 0. The Morgan fingerprint density at radius 3 is 0.895 bits per heavy atom. The van der Waals surface area contributed by atoms with E-state index in [1.807, 2.05) is 21.1 Å². The lowest BCUT2D eigenvalue weighted by atomic mass is 10.0. The van der Waals surface area contributed by atoms with Gasteiger partial charge in [0, 0.05) is 12.8 Å². The van der Waals surface area contributed by atoms with E-state index >= 15 is 0 Å². The SMILES string of the molecule is CC/C=C\C/C=C\C/C=C\C/C=C\CCCCCCCCCCCCCCCCCCCCCCCCCCCCC(=O)OC(COC(=O)CCCCCCCCCCCCCCCCCCCCCCCCCCCCCCCCC)COC(OCC[N+](C)(C)C)C(=O)O. The number of aliphatic carboxylic acids is 1. The lowest BCUT2D eigenvalue weighted by molar-refractivity contribution is -0.870. The number of nitrogens with zero attached hydrogens (tertiary/aromatic N) is 1. The molecule has 0 aliphatic carbocycles. The van der Waals surface area contributed by atoms with E-state index in [0.29, 0.717) is 17.4 Å². The average molecular weight is 1340 g/mol. The van der Waals surface area contributed by atoms with Gasteiger partial charge in [-0.25, -0.2) is 4.79 Å². The normalized spacial score (nSPS) is 12.8. The molecule has 1 N–H and O–H groups in total. The second-order valence-corrected chi connectivity index (χ2v) is 29.8. The van der Waals surface area contributed by atoms with Crippen molar-refractivity contribution in [1.29, 1.82) is 0 Å². The smallest absolute Gasteiger partial charge is 0.361 e. The number of ether oxygens (including phenoxy) is 4. The minimum atomic E-state index is -1.51. The van der Waals surface area contributed by atoms with Gasteiger partial charge in [0.05, 0.1) is 34.4 Å². The predicted octanol–water partition coefficient (Wildman–Crippen LogP) is 26.8. The van der Waals surface area contributed by atoms with Gasteiger partial charge >= 0.3 is 17.9 Å². The lowest BCUT2D eigenvalue weighted by Gasteiger charge is -2.25. The Hall–Kier alpha value is -2.75. The quantitative estimate of drug-likeness (QED) is 0.0211. The van der Waals surface area contributed by atoms with Gasteiger partial charge in [-0.1, -0.05) is 409 Å². The van der Waals surface area contributed by atoms with Crippen LogP contribution < -0.4 is 0 Å². The number of likely N-dealkylation sites (N-methyl/N-ethyl adjacent to an activating group) is 1. The highest BCUT2D eigenvalue weighted by molar-refractivity contribution is 5.71. The molecule has 95 heavy (non-hydrogen) atoms. The van der Waals surface area contributed by atoms with Crippen LogP contribution in [0.3, 0.4) is 0 Å². The lowest BCUT2D eigenvalue weighted by Crippen LogP contribution is -2.40. The first-order valence-corrected chi connectivity index (χ1v) is 41.8. The van der Waals surface area contributed by atoms with Crippen LogP contribution in [0.2, 0.25) is 0 Å². The number of carbonyl (C=O) groups excluding carboxylic acids is 2. The van der Waals surface area contributed by atoms with E-state index in [0.717, 1.165) is 64.2 Å². The fourth-order valence-electron chi connectivity index (χ4n) is 12.8. The van der Waals surface area contributed by atoms with E-state index in [2.05, 4.69) is 62.5 Å². The van der Waals surface area contributed by atoms with Gasteiger partial charge < -0.3 is 28.5 Å². The molecule has 0 saturated heterocycles. The summed E-state index contributed by atoms with van der Waals surface area (Å²) in [7, 11) is 6.00. The van der Waals surface area contributed by atoms with Crippen LogP contribution in [-0.2, 0) is 33.3 Å². The standard InChI is InChI=1S/C86H161NO8/c1-6-8-10-12-14-16-18-20-22-24-26-28-30-32-34-36-38-39-40-41-42-43-44-45-47-49-51-53-55-57-59-61-63-65-67-69-71-73-75-77-84(89)95-82(81-94-86(85(90)91)92-79-78-87(3,4)5)80-93-83(88)76-74-72-70-68-66-64-62-60-58-56-54-52-50-48-46-37-35-33-31-29-27-25-23-21-19-17-15-13-11-9-7-2/h8,10,14,16,20,22,26,28,82,86H,6-7,9,11-13,15,17-19,21,23-25,27,29-81H2,1-5H3/p+1/b10-8-,16-14-,22-20-,28-26-. The molecule has 0 rings (SSSR count). The molecule has 0 heterocycles. The molecule has 2 atom stereocenters. The first kappa shape index (κ1) is 92.2. The summed E-state index contributed by atoms with van der Waals surface area (Å²) in [5.41, 5.74) is 0. The Kier molecular flexibility index (Phi) is 74.8. The Bertz CT molecular complexity index is 1700. The van der Waals surface area contributed by atoms with Gasteiger partial charge in [-0.05, 0) is 51.4 Å². The summed E-state index contributed by atoms with van der Waals surface area (Å²) < 4.78 is 23.1. The number of esters is 2. The molecular weight excluding hydrogens is 1170 g/mol. The number of hydrogen-bond acceptors (Lipinski definition) is 7. The van der Waals surface area contributed by atoms with E-state index < -0.39 is 18.4 Å². The zero-order valence-corrected chi connectivity index (χ0v) is 64.1. The first-order valence-electron chi connectivity index (χ1n) is 41.8. The molecule has 0 fully saturated rings. The van der Waals surface area contributed by atoms with Crippen molar-refractivity contribution in [3.63, 3.8) is 0 Å². The average Bonchev–Trinajstić information content (AvgIpc) is 2.92. The molecular formula is C86H162NO8+. The van der Waals surface area contributed by atoms with Crippen molar-refractivity contribution in [1.82, 2.24) is 0 Å². The van der Waals surface area contributed by atoms with E-state index in [9.17, 15) is 19.5 Å². The predicted molar refractivity (Wildman–Crippen MR) is 410 cm³/mol. The monoisotopic (exact) mass is 1340 g/mol. The summed E-state index contributed by atoms with van der Waals surface area (Å²) in [6, 6.07) is 0. The number of rotatable bonds is 79. The third kappa shape index (κ3) is 78.5. The molecule has 0 aliphatic heterocycles. The van der Waals surface area contributed by atoms with Crippen molar-refractivity contribution < 1.29 is 42.9 Å². The maximum absolute atomic E-state index is 13.0. The molecule has 0 aromatic carbocycles. The van der Waals surface area contributed by atoms with Crippen LogP contribution >= 0.6 is 0 Å². The molecule has 9 nitrogen and oxygen atoms in total. The molecule has 0 aromatic rings. The maximum Gasteiger partial charge on any atom is 0.361 e. The molecule has 0 radical (unpaired) electrons. The van der Waals surface area contributed by atoms with Gasteiger partial charge in [-0.15, -0.1) is 0 Å². The fraction of sp³-hybridized carbons (Fsp3) is 0.872. The van der Waals surface area contributed by atoms with Gasteiger partial charge in [0.15, 0.2) is 6.10 Å². The minimum Gasteiger partial charge on any atom is -0.477 e.